The molecule has 1 N–H and O–H groups in total. The van der Waals surface area contributed by atoms with Crippen LogP contribution < -0.4 is 5.32 Å². The zero-order valence-corrected chi connectivity index (χ0v) is 11.0. The van der Waals surface area contributed by atoms with Crippen LogP contribution in [0.25, 0.3) is 0 Å². The summed E-state index contributed by atoms with van der Waals surface area (Å²) in [6, 6.07) is 0.498. The lowest BCUT2D eigenvalue weighted by atomic mass is 9.71. The average molecular weight is 227 g/mol. The minimum absolute atomic E-state index is 0.169. The number of rotatable bonds is 3. The van der Waals surface area contributed by atoms with Gasteiger partial charge in [0.25, 0.3) is 0 Å². The van der Waals surface area contributed by atoms with Gasteiger partial charge in [-0.15, -0.1) is 0 Å². The van der Waals surface area contributed by atoms with Crippen molar-refractivity contribution in [2.24, 2.45) is 11.3 Å². The van der Waals surface area contributed by atoms with E-state index in [1.165, 1.54) is 32.8 Å². The second-order valence-corrected chi connectivity index (χ2v) is 5.87. The maximum Gasteiger partial charge on any atom is 0.319 e. The van der Waals surface area contributed by atoms with E-state index in [-0.39, 0.29) is 5.97 Å². The number of nitrogens with one attached hydrogen (secondary N) is 1. The molecule has 0 bridgehead atoms. The first-order valence-corrected chi connectivity index (χ1v) is 6.23. The second-order valence-electron chi connectivity index (χ2n) is 5.87. The van der Waals surface area contributed by atoms with E-state index in [0.717, 1.165) is 5.92 Å². The molecule has 0 unspecified atom stereocenters. The summed E-state index contributed by atoms with van der Waals surface area (Å²) in [5.41, 5.74) is 0.424. The number of hydrogen-bond donors (Lipinski definition) is 1. The third kappa shape index (κ3) is 4.12. The SMILES string of the molecule is COC(=O)CNC1CCC(C(C)(C)C)CC1. The summed E-state index contributed by atoms with van der Waals surface area (Å²) in [5.74, 6) is 0.654. The number of carbonyl (C=O) groups excluding carboxylic acids is 1. The molecule has 1 rings (SSSR count). The Morgan fingerprint density at radius 3 is 2.25 bits per heavy atom. The van der Waals surface area contributed by atoms with Gasteiger partial charge in [-0.3, -0.25) is 4.79 Å². The highest BCUT2D eigenvalue weighted by Crippen LogP contribution is 2.37. The zero-order valence-electron chi connectivity index (χ0n) is 11.0. The third-order valence-electron chi connectivity index (χ3n) is 3.71. The van der Waals surface area contributed by atoms with Gasteiger partial charge in [-0.25, -0.2) is 0 Å². The first kappa shape index (κ1) is 13.5. The van der Waals surface area contributed by atoms with Crippen molar-refractivity contribution in [3.63, 3.8) is 0 Å². The Balaban J connectivity index is 2.25. The first-order chi connectivity index (χ1) is 7.43. The molecule has 0 aromatic carbocycles. The lowest BCUT2D eigenvalue weighted by molar-refractivity contribution is -0.139. The Morgan fingerprint density at radius 2 is 1.81 bits per heavy atom. The lowest BCUT2D eigenvalue weighted by Gasteiger charge is -2.37. The minimum Gasteiger partial charge on any atom is -0.468 e. The molecule has 0 heterocycles. The summed E-state index contributed by atoms with van der Waals surface area (Å²) >= 11 is 0. The van der Waals surface area contributed by atoms with Gasteiger partial charge in [0.2, 0.25) is 0 Å². The molecule has 3 heteroatoms. The Labute approximate surface area is 98.9 Å². The predicted molar refractivity (Wildman–Crippen MR) is 65.2 cm³/mol. The topological polar surface area (TPSA) is 38.3 Å². The molecule has 0 aromatic heterocycles. The van der Waals surface area contributed by atoms with Gasteiger partial charge >= 0.3 is 5.97 Å². The lowest BCUT2D eigenvalue weighted by Crippen LogP contribution is -2.38. The number of ether oxygens (including phenoxy) is 1. The molecule has 0 saturated heterocycles. The van der Waals surface area contributed by atoms with E-state index in [0.29, 0.717) is 18.0 Å². The molecule has 0 amide bonds. The Morgan fingerprint density at radius 1 is 1.25 bits per heavy atom. The molecule has 1 aliphatic carbocycles. The highest BCUT2D eigenvalue weighted by molar-refractivity contribution is 5.71. The van der Waals surface area contributed by atoms with Crippen LogP contribution in [0.3, 0.4) is 0 Å². The molecule has 0 aliphatic heterocycles. The van der Waals surface area contributed by atoms with Gasteiger partial charge in [-0.1, -0.05) is 20.8 Å². The van der Waals surface area contributed by atoms with Crippen molar-refractivity contribution in [3.8, 4) is 0 Å². The summed E-state index contributed by atoms with van der Waals surface area (Å²) in [4.78, 5) is 11.0. The number of carbonyl (C=O) groups is 1. The fourth-order valence-electron chi connectivity index (χ4n) is 2.46. The first-order valence-electron chi connectivity index (χ1n) is 6.23. The molecule has 1 aliphatic rings. The van der Waals surface area contributed by atoms with Gasteiger partial charge in [0.1, 0.15) is 0 Å². The standard InChI is InChI=1S/C13H25NO2/c1-13(2,3)10-5-7-11(8-6-10)14-9-12(15)16-4/h10-11,14H,5-9H2,1-4H3. The van der Waals surface area contributed by atoms with E-state index >= 15 is 0 Å². The molecule has 94 valence electrons. The van der Waals surface area contributed by atoms with E-state index in [4.69, 9.17) is 0 Å². The van der Waals surface area contributed by atoms with Crippen LogP contribution in [-0.2, 0) is 9.53 Å². The monoisotopic (exact) mass is 227 g/mol. The third-order valence-corrected chi connectivity index (χ3v) is 3.71. The summed E-state index contributed by atoms with van der Waals surface area (Å²) in [6.45, 7) is 7.31. The maximum atomic E-state index is 11.0. The van der Waals surface area contributed by atoms with Crippen molar-refractivity contribution in [1.29, 1.82) is 0 Å². The smallest absolute Gasteiger partial charge is 0.319 e. The zero-order chi connectivity index (χ0) is 12.2. The highest BCUT2D eigenvalue weighted by Gasteiger charge is 2.29. The summed E-state index contributed by atoms with van der Waals surface area (Å²) in [6.07, 6.45) is 4.89. The van der Waals surface area contributed by atoms with E-state index in [9.17, 15) is 4.79 Å². The van der Waals surface area contributed by atoms with Gasteiger partial charge in [-0.2, -0.15) is 0 Å². The van der Waals surface area contributed by atoms with Crippen molar-refractivity contribution in [1.82, 2.24) is 5.32 Å². The quantitative estimate of drug-likeness (QED) is 0.752. The van der Waals surface area contributed by atoms with Crippen molar-refractivity contribution in [3.05, 3.63) is 0 Å². The van der Waals surface area contributed by atoms with Crippen molar-refractivity contribution in [2.75, 3.05) is 13.7 Å². The van der Waals surface area contributed by atoms with Crippen LogP contribution in [0, 0.1) is 11.3 Å². The Hall–Kier alpha value is -0.570. The van der Waals surface area contributed by atoms with E-state index < -0.39 is 0 Å². The Bertz CT molecular complexity index is 225. The van der Waals surface area contributed by atoms with Gasteiger partial charge in [-0.05, 0) is 37.0 Å². The highest BCUT2D eigenvalue weighted by atomic mass is 16.5. The molecule has 1 fully saturated rings. The van der Waals surface area contributed by atoms with Crippen LogP contribution in [0.4, 0.5) is 0 Å². The van der Waals surface area contributed by atoms with Gasteiger partial charge in [0, 0.05) is 6.04 Å². The minimum atomic E-state index is -0.169. The molecule has 0 atom stereocenters. The Kier molecular flexibility index (Phi) is 4.78. The van der Waals surface area contributed by atoms with E-state index in [1.807, 2.05) is 0 Å². The fraction of sp³-hybridized carbons (Fsp3) is 0.923. The second kappa shape index (κ2) is 5.67. The molecule has 0 radical (unpaired) electrons. The maximum absolute atomic E-state index is 11.0. The van der Waals surface area contributed by atoms with Gasteiger partial charge in [0.05, 0.1) is 13.7 Å². The van der Waals surface area contributed by atoms with E-state index in [2.05, 4.69) is 30.8 Å². The number of esters is 1. The summed E-state index contributed by atoms with van der Waals surface area (Å²) in [7, 11) is 1.43. The molecular formula is C13H25NO2. The van der Waals surface area contributed by atoms with Crippen LogP contribution in [0.5, 0.6) is 0 Å². The molecule has 0 spiro atoms. The number of hydrogen-bond acceptors (Lipinski definition) is 3. The van der Waals surface area contributed by atoms with Gasteiger partial charge in [0.15, 0.2) is 0 Å². The van der Waals surface area contributed by atoms with E-state index in [1.54, 1.807) is 0 Å². The molecule has 0 aromatic rings. The molecule has 3 nitrogen and oxygen atoms in total. The normalized spacial score (nSPS) is 26.5. The van der Waals surface area contributed by atoms with Crippen molar-refractivity contribution in [2.45, 2.75) is 52.5 Å². The number of methoxy groups -OCH3 is 1. The molecule has 16 heavy (non-hydrogen) atoms. The fourth-order valence-corrected chi connectivity index (χ4v) is 2.46. The molecular weight excluding hydrogens is 202 g/mol. The van der Waals surface area contributed by atoms with Crippen molar-refractivity contribution < 1.29 is 9.53 Å². The largest absolute Gasteiger partial charge is 0.468 e. The average Bonchev–Trinajstić information content (AvgIpc) is 2.25. The molecule has 1 saturated carbocycles. The van der Waals surface area contributed by atoms with Crippen LogP contribution in [0.1, 0.15) is 46.5 Å². The van der Waals surface area contributed by atoms with Gasteiger partial charge < -0.3 is 10.1 Å². The van der Waals surface area contributed by atoms with Crippen molar-refractivity contribution >= 4 is 5.97 Å². The predicted octanol–water partition coefficient (Wildman–Crippen LogP) is 2.35. The van der Waals surface area contributed by atoms with Crippen LogP contribution >= 0.6 is 0 Å². The van der Waals surface area contributed by atoms with Crippen LogP contribution in [-0.4, -0.2) is 25.7 Å². The van der Waals surface area contributed by atoms with Crippen LogP contribution in [0.2, 0.25) is 0 Å². The van der Waals surface area contributed by atoms with Crippen LogP contribution in [0.15, 0.2) is 0 Å². The summed E-state index contributed by atoms with van der Waals surface area (Å²) in [5, 5.41) is 3.27. The summed E-state index contributed by atoms with van der Waals surface area (Å²) < 4.78 is 4.62.